The zero-order chi connectivity index (χ0) is 10.1. The molecule has 2 unspecified atom stereocenters. The third-order valence-corrected chi connectivity index (χ3v) is 4.65. The molecule has 2 nitrogen and oxygen atoms in total. The lowest BCUT2D eigenvalue weighted by Gasteiger charge is -2.35. The van der Waals surface area contributed by atoms with Crippen molar-refractivity contribution in [3.8, 4) is 0 Å². The van der Waals surface area contributed by atoms with Gasteiger partial charge in [-0.05, 0) is 38.6 Å². The molecule has 0 spiro atoms. The summed E-state index contributed by atoms with van der Waals surface area (Å²) in [7, 11) is 0. The molecule has 2 saturated heterocycles. The van der Waals surface area contributed by atoms with E-state index in [2.05, 4.69) is 10.2 Å². The Kier molecular flexibility index (Phi) is 6.57. The Balaban J connectivity index is 0.000000722. The molecule has 4 heteroatoms. The maximum absolute atomic E-state index is 3.78. The summed E-state index contributed by atoms with van der Waals surface area (Å²) < 4.78 is 0. The number of hydrogen-bond donors (Lipinski definition) is 1. The fourth-order valence-electron chi connectivity index (χ4n) is 3.75. The normalized spacial score (nSPS) is 34.6. The molecular weight excluding hydrogens is 255 g/mol. The first-order valence-corrected chi connectivity index (χ1v) is 6.92. The number of likely N-dealkylation sites (tertiary alicyclic amines) is 1. The molecule has 2 heterocycles. The minimum Gasteiger partial charge on any atom is -0.310 e. The van der Waals surface area contributed by atoms with Crippen molar-refractivity contribution >= 4 is 24.8 Å². The van der Waals surface area contributed by atoms with Gasteiger partial charge in [0.15, 0.2) is 0 Å². The van der Waals surface area contributed by atoms with Gasteiger partial charge in [0.1, 0.15) is 0 Å². The maximum atomic E-state index is 3.78. The molecule has 102 valence electrons. The molecule has 0 radical (unpaired) electrons. The summed E-state index contributed by atoms with van der Waals surface area (Å²) in [5.74, 6) is 0. The molecule has 0 aromatic rings. The molecule has 0 amide bonds. The van der Waals surface area contributed by atoms with Crippen LogP contribution in [0, 0.1) is 0 Å². The minimum absolute atomic E-state index is 0. The fourth-order valence-corrected chi connectivity index (χ4v) is 3.75. The summed E-state index contributed by atoms with van der Waals surface area (Å²) in [6.45, 7) is 2.69. The van der Waals surface area contributed by atoms with E-state index in [1.165, 1.54) is 64.5 Å². The van der Waals surface area contributed by atoms with Gasteiger partial charge in [-0.3, -0.25) is 4.90 Å². The third kappa shape index (κ3) is 3.73. The van der Waals surface area contributed by atoms with E-state index in [0.717, 1.165) is 18.1 Å². The van der Waals surface area contributed by atoms with E-state index in [9.17, 15) is 0 Å². The van der Waals surface area contributed by atoms with Gasteiger partial charge in [0.25, 0.3) is 0 Å². The summed E-state index contributed by atoms with van der Waals surface area (Å²) in [6, 6.07) is 2.60. The lowest BCUT2D eigenvalue weighted by molar-refractivity contribution is 0.149. The predicted octanol–water partition coefficient (Wildman–Crippen LogP) is 2.99. The summed E-state index contributed by atoms with van der Waals surface area (Å²) >= 11 is 0. The van der Waals surface area contributed by atoms with Gasteiger partial charge in [-0.15, -0.1) is 24.8 Å². The van der Waals surface area contributed by atoms with Crippen LogP contribution in [0.25, 0.3) is 0 Å². The van der Waals surface area contributed by atoms with Gasteiger partial charge in [0.2, 0.25) is 0 Å². The lowest BCUT2D eigenvalue weighted by Crippen LogP contribution is -2.42. The van der Waals surface area contributed by atoms with E-state index in [1.54, 1.807) is 0 Å². The molecule has 1 saturated carbocycles. The molecular formula is C13H26Cl2N2. The first kappa shape index (κ1) is 15.6. The Bertz CT molecular complexity index is 219. The molecule has 3 aliphatic rings. The highest BCUT2D eigenvalue weighted by Crippen LogP contribution is 2.27. The Hall–Kier alpha value is 0.500. The van der Waals surface area contributed by atoms with Crippen molar-refractivity contribution < 1.29 is 0 Å². The van der Waals surface area contributed by atoms with E-state index in [0.29, 0.717) is 0 Å². The summed E-state index contributed by atoms with van der Waals surface area (Å²) in [6.07, 6.45) is 11.6. The van der Waals surface area contributed by atoms with Crippen molar-refractivity contribution in [2.24, 2.45) is 0 Å². The van der Waals surface area contributed by atoms with Crippen molar-refractivity contribution in [1.82, 2.24) is 10.2 Å². The average molecular weight is 281 g/mol. The van der Waals surface area contributed by atoms with Crippen LogP contribution < -0.4 is 5.32 Å². The van der Waals surface area contributed by atoms with Crippen LogP contribution in [0.5, 0.6) is 0 Å². The fraction of sp³-hybridized carbons (Fsp3) is 1.00. The highest BCUT2D eigenvalue weighted by Gasteiger charge is 2.32. The van der Waals surface area contributed by atoms with Crippen molar-refractivity contribution in [1.29, 1.82) is 0 Å². The van der Waals surface area contributed by atoms with Crippen LogP contribution >= 0.6 is 24.8 Å². The first-order valence-electron chi connectivity index (χ1n) is 6.92. The van der Waals surface area contributed by atoms with Gasteiger partial charge < -0.3 is 5.32 Å². The number of nitrogens with one attached hydrogen (secondary N) is 1. The Morgan fingerprint density at radius 2 is 1.47 bits per heavy atom. The monoisotopic (exact) mass is 280 g/mol. The van der Waals surface area contributed by atoms with Crippen LogP contribution in [0.15, 0.2) is 0 Å². The van der Waals surface area contributed by atoms with Crippen LogP contribution in [0.3, 0.4) is 0 Å². The Labute approximate surface area is 118 Å². The van der Waals surface area contributed by atoms with Crippen LogP contribution in [-0.4, -0.2) is 36.1 Å². The van der Waals surface area contributed by atoms with E-state index < -0.39 is 0 Å². The van der Waals surface area contributed by atoms with E-state index >= 15 is 0 Å². The third-order valence-electron chi connectivity index (χ3n) is 4.65. The van der Waals surface area contributed by atoms with Gasteiger partial charge >= 0.3 is 0 Å². The summed E-state index contributed by atoms with van der Waals surface area (Å²) in [4.78, 5) is 2.80. The van der Waals surface area contributed by atoms with Gasteiger partial charge in [0, 0.05) is 24.7 Å². The first-order chi connectivity index (χ1) is 7.42. The van der Waals surface area contributed by atoms with Crippen LogP contribution in [0.2, 0.25) is 0 Å². The highest BCUT2D eigenvalue weighted by atomic mass is 35.5. The molecule has 3 rings (SSSR count). The zero-order valence-corrected chi connectivity index (χ0v) is 12.2. The second-order valence-corrected chi connectivity index (χ2v) is 5.71. The summed E-state index contributed by atoms with van der Waals surface area (Å²) in [5.41, 5.74) is 0. The SMILES string of the molecule is C1CCC(N2CCC3CCC(C2)N3)CC1.Cl.Cl. The molecule has 1 N–H and O–H groups in total. The van der Waals surface area contributed by atoms with Crippen LogP contribution in [-0.2, 0) is 0 Å². The largest absolute Gasteiger partial charge is 0.310 e. The summed E-state index contributed by atoms with van der Waals surface area (Å²) in [5, 5.41) is 3.78. The van der Waals surface area contributed by atoms with Gasteiger partial charge in [-0.2, -0.15) is 0 Å². The van der Waals surface area contributed by atoms with Crippen molar-refractivity contribution in [2.45, 2.75) is 69.5 Å². The number of fused-ring (bicyclic) bond motifs is 2. The Morgan fingerprint density at radius 1 is 0.765 bits per heavy atom. The maximum Gasteiger partial charge on any atom is 0.0198 e. The van der Waals surface area contributed by atoms with E-state index in [4.69, 9.17) is 0 Å². The van der Waals surface area contributed by atoms with Gasteiger partial charge in [-0.25, -0.2) is 0 Å². The lowest BCUT2D eigenvalue weighted by atomic mass is 9.93. The smallest absolute Gasteiger partial charge is 0.0198 e. The second-order valence-electron chi connectivity index (χ2n) is 5.71. The van der Waals surface area contributed by atoms with E-state index in [1.807, 2.05) is 0 Å². The molecule has 17 heavy (non-hydrogen) atoms. The quantitative estimate of drug-likeness (QED) is 0.795. The molecule has 2 aliphatic heterocycles. The standard InChI is InChI=1S/C13H24N2.2ClH/c1-2-4-13(5-3-1)15-9-8-11-6-7-12(10-15)14-11;;/h11-14H,1-10H2;2*1H. The topological polar surface area (TPSA) is 15.3 Å². The van der Waals surface area contributed by atoms with E-state index in [-0.39, 0.29) is 24.8 Å². The zero-order valence-electron chi connectivity index (χ0n) is 10.6. The van der Waals surface area contributed by atoms with Crippen molar-refractivity contribution in [2.75, 3.05) is 13.1 Å². The number of halogens is 2. The predicted molar refractivity (Wildman–Crippen MR) is 77.5 cm³/mol. The van der Waals surface area contributed by atoms with Gasteiger partial charge in [0.05, 0.1) is 0 Å². The molecule has 1 aliphatic carbocycles. The van der Waals surface area contributed by atoms with Crippen molar-refractivity contribution in [3.05, 3.63) is 0 Å². The van der Waals surface area contributed by atoms with Crippen molar-refractivity contribution in [3.63, 3.8) is 0 Å². The minimum atomic E-state index is 0. The van der Waals surface area contributed by atoms with Crippen LogP contribution in [0.1, 0.15) is 51.4 Å². The highest BCUT2D eigenvalue weighted by molar-refractivity contribution is 5.85. The van der Waals surface area contributed by atoms with Crippen LogP contribution in [0.4, 0.5) is 0 Å². The Morgan fingerprint density at radius 3 is 2.24 bits per heavy atom. The molecule has 0 aromatic carbocycles. The molecule has 3 fully saturated rings. The average Bonchev–Trinajstić information content (AvgIpc) is 2.60. The molecule has 2 atom stereocenters. The molecule has 2 bridgehead atoms. The number of hydrogen-bond acceptors (Lipinski definition) is 2. The van der Waals surface area contributed by atoms with Gasteiger partial charge in [-0.1, -0.05) is 19.3 Å². The number of rotatable bonds is 1. The number of nitrogens with zero attached hydrogens (tertiary/aromatic N) is 1. The molecule has 0 aromatic heterocycles. The second kappa shape index (κ2) is 7.18.